The molecule has 0 aliphatic heterocycles. The van der Waals surface area contributed by atoms with Gasteiger partial charge in [-0.2, -0.15) is 5.10 Å². The number of fused-ring (bicyclic) bond motifs is 2. The SMILES string of the molecule is COC[C@@H](O)CN(Cc1ccncc1)C(=O)Cn1ncc(N[C@@H]2C[C@H]3C[C@@H]([C@H]2C)C3(C)C)c(Cl)c1=O. The van der Waals surface area contributed by atoms with Crippen LogP contribution in [0.1, 0.15) is 39.2 Å². The lowest BCUT2D eigenvalue weighted by atomic mass is 9.45. The number of nitrogens with zero attached hydrogens (tertiary/aromatic N) is 4. The van der Waals surface area contributed by atoms with Crippen LogP contribution in [-0.4, -0.2) is 63.1 Å². The summed E-state index contributed by atoms with van der Waals surface area (Å²) in [5.74, 6) is 1.42. The van der Waals surface area contributed by atoms with Crippen molar-refractivity contribution in [2.24, 2.45) is 23.2 Å². The van der Waals surface area contributed by atoms with E-state index in [2.05, 4.69) is 36.2 Å². The molecule has 3 aliphatic rings. The van der Waals surface area contributed by atoms with Crippen LogP contribution in [0.4, 0.5) is 5.69 Å². The first kappa shape index (κ1) is 26.6. The van der Waals surface area contributed by atoms with E-state index in [1.54, 1.807) is 24.5 Å². The highest BCUT2D eigenvalue weighted by atomic mass is 35.5. The first-order valence-corrected chi connectivity index (χ1v) is 12.9. The molecule has 0 spiro atoms. The third-order valence-corrected chi connectivity index (χ3v) is 8.60. The summed E-state index contributed by atoms with van der Waals surface area (Å²) in [6.07, 6.45) is 6.24. The molecule has 196 valence electrons. The molecule has 0 unspecified atom stereocenters. The van der Waals surface area contributed by atoms with Gasteiger partial charge in [0.1, 0.15) is 11.6 Å². The van der Waals surface area contributed by atoms with Gasteiger partial charge in [0.15, 0.2) is 0 Å². The van der Waals surface area contributed by atoms with E-state index < -0.39 is 11.7 Å². The third kappa shape index (κ3) is 5.43. The van der Waals surface area contributed by atoms with Gasteiger partial charge in [0.25, 0.3) is 5.56 Å². The van der Waals surface area contributed by atoms with Crippen molar-refractivity contribution in [2.75, 3.05) is 25.6 Å². The summed E-state index contributed by atoms with van der Waals surface area (Å²) in [5.41, 5.74) is 1.20. The van der Waals surface area contributed by atoms with Crippen molar-refractivity contribution in [3.63, 3.8) is 0 Å². The van der Waals surface area contributed by atoms with E-state index in [-0.39, 0.29) is 43.2 Å². The second kappa shape index (κ2) is 10.9. The molecule has 2 N–H and O–H groups in total. The molecular weight excluding hydrogens is 482 g/mol. The van der Waals surface area contributed by atoms with E-state index in [4.69, 9.17) is 16.3 Å². The minimum Gasteiger partial charge on any atom is -0.389 e. The van der Waals surface area contributed by atoms with Gasteiger partial charge in [-0.25, -0.2) is 4.68 Å². The molecule has 2 bridgehead atoms. The molecule has 2 heterocycles. The van der Waals surface area contributed by atoms with Crippen molar-refractivity contribution in [2.45, 2.75) is 58.8 Å². The monoisotopic (exact) mass is 517 g/mol. The molecule has 36 heavy (non-hydrogen) atoms. The smallest absolute Gasteiger partial charge is 0.288 e. The van der Waals surface area contributed by atoms with Gasteiger partial charge in [0, 0.05) is 38.6 Å². The summed E-state index contributed by atoms with van der Waals surface area (Å²) in [7, 11) is 1.48. The van der Waals surface area contributed by atoms with E-state index in [1.807, 2.05) is 0 Å². The first-order valence-electron chi connectivity index (χ1n) is 12.5. The van der Waals surface area contributed by atoms with Crippen molar-refractivity contribution in [3.8, 4) is 0 Å². The molecule has 5 atom stereocenters. The number of aliphatic hydroxyl groups excluding tert-OH is 1. The number of carbonyl (C=O) groups is 1. The van der Waals surface area contributed by atoms with Crippen molar-refractivity contribution in [1.82, 2.24) is 19.7 Å². The molecule has 5 rings (SSSR count). The topological polar surface area (TPSA) is 110 Å². The zero-order valence-electron chi connectivity index (χ0n) is 21.4. The van der Waals surface area contributed by atoms with Gasteiger partial charge in [0.2, 0.25) is 5.91 Å². The van der Waals surface area contributed by atoms with Crippen molar-refractivity contribution >= 4 is 23.2 Å². The maximum Gasteiger partial charge on any atom is 0.288 e. The Morgan fingerprint density at radius 2 is 2.08 bits per heavy atom. The highest BCUT2D eigenvalue weighted by Crippen LogP contribution is 2.61. The van der Waals surface area contributed by atoms with Crippen LogP contribution in [0.5, 0.6) is 0 Å². The summed E-state index contributed by atoms with van der Waals surface area (Å²) in [5, 5.41) is 18.0. The average Bonchev–Trinajstić information content (AvgIpc) is 2.84. The first-order chi connectivity index (χ1) is 17.1. The highest BCUT2D eigenvalue weighted by molar-refractivity contribution is 6.32. The lowest BCUT2D eigenvalue weighted by molar-refractivity contribution is -0.134. The van der Waals surface area contributed by atoms with Gasteiger partial charge in [-0.05, 0) is 53.7 Å². The Hall–Kier alpha value is -2.49. The maximum absolute atomic E-state index is 13.2. The molecule has 3 saturated carbocycles. The summed E-state index contributed by atoms with van der Waals surface area (Å²) in [4.78, 5) is 31.7. The molecule has 2 aromatic rings. The number of amides is 1. The minimum atomic E-state index is -0.866. The number of hydrogen-bond donors (Lipinski definition) is 2. The number of aliphatic hydroxyl groups is 1. The summed E-state index contributed by atoms with van der Waals surface area (Å²) in [6, 6.07) is 3.82. The molecule has 1 amide bonds. The number of methoxy groups -OCH3 is 1. The predicted molar refractivity (Wildman–Crippen MR) is 138 cm³/mol. The van der Waals surface area contributed by atoms with Crippen LogP contribution in [0.2, 0.25) is 5.02 Å². The molecule has 10 heteroatoms. The fraction of sp³-hybridized carbons (Fsp3) is 0.615. The molecule has 9 nitrogen and oxygen atoms in total. The number of anilines is 1. The fourth-order valence-corrected chi connectivity index (χ4v) is 6.11. The van der Waals surface area contributed by atoms with Gasteiger partial charge < -0.3 is 20.1 Å². The van der Waals surface area contributed by atoms with Gasteiger partial charge in [-0.1, -0.05) is 32.4 Å². The largest absolute Gasteiger partial charge is 0.389 e. The van der Waals surface area contributed by atoms with Crippen LogP contribution >= 0.6 is 11.6 Å². The van der Waals surface area contributed by atoms with E-state index in [1.165, 1.54) is 24.6 Å². The molecular formula is C26H36ClN5O4. The van der Waals surface area contributed by atoms with Crippen LogP contribution in [0.25, 0.3) is 0 Å². The third-order valence-electron chi connectivity index (χ3n) is 8.23. The van der Waals surface area contributed by atoms with Crippen molar-refractivity contribution in [1.29, 1.82) is 0 Å². The number of halogens is 1. The lowest BCUT2D eigenvalue weighted by Gasteiger charge is -2.62. The normalized spacial score (nSPS) is 25.1. The Labute approximate surface area is 216 Å². The Kier molecular flexibility index (Phi) is 8.02. The Bertz CT molecular complexity index is 1130. The molecule has 0 saturated heterocycles. The molecule has 3 fully saturated rings. The standard InChI is InChI=1S/C26H36ClN5O4/c1-16-20-9-18(26(20,2)3)10-21(16)30-22-11-29-32(25(35)24(22)27)14-23(34)31(13-19(33)15-36-4)12-17-5-7-28-8-6-17/h5-8,11,16,18-21,30,33H,9-10,12-15H2,1-4H3/t16-,18-,19+,20+,21-/m1/s1. The Morgan fingerprint density at radius 3 is 2.72 bits per heavy atom. The number of hydrogen-bond acceptors (Lipinski definition) is 7. The number of pyridine rings is 1. The summed E-state index contributed by atoms with van der Waals surface area (Å²) in [6.45, 7) is 7.05. The number of nitrogens with one attached hydrogen (secondary N) is 1. The maximum atomic E-state index is 13.2. The zero-order chi connectivity index (χ0) is 26.0. The molecule has 0 radical (unpaired) electrons. The highest BCUT2D eigenvalue weighted by Gasteiger charge is 2.56. The summed E-state index contributed by atoms with van der Waals surface area (Å²) < 4.78 is 6.07. The molecule has 0 aromatic carbocycles. The molecule has 3 aliphatic carbocycles. The lowest BCUT2D eigenvalue weighted by Crippen LogP contribution is -2.58. The minimum absolute atomic E-state index is 0.0311. The van der Waals surface area contributed by atoms with Crippen LogP contribution in [0.15, 0.2) is 35.5 Å². The Morgan fingerprint density at radius 1 is 1.36 bits per heavy atom. The van der Waals surface area contributed by atoms with Crippen LogP contribution in [0, 0.1) is 23.2 Å². The zero-order valence-corrected chi connectivity index (χ0v) is 22.1. The molecule has 2 aromatic heterocycles. The predicted octanol–water partition coefficient (Wildman–Crippen LogP) is 2.81. The number of rotatable bonds is 10. The van der Waals surface area contributed by atoms with Gasteiger partial charge in [-0.3, -0.25) is 14.6 Å². The second-order valence-corrected chi connectivity index (χ2v) is 11.2. The Balaban J connectivity index is 1.46. The van der Waals surface area contributed by atoms with E-state index >= 15 is 0 Å². The number of ether oxygens (including phenoxy) is 1. The van der Waals surface area contributed by atoms with Crippen molar-refractivity contribution < 1.29 is 14.6 Å². The number of aromatic nitrogens is 3. The van der Waals surface area contributed by atoms with Gasteiger partial charge in [-0.15, -0.1) is 0 Å². The van der Waals surface area contributed by atoms with E-state index in [0.717, 1.165) is 16.7 Å². The van der Waals surface area contributed by atoms with Gasteiger partial charge in [0.05, 0.1) is 24.6 Å². The average molecular weight is 518 g/mol. The number of carbonyl (C=O) groups excluding carboxylic acids is 1. The fourth-order valence-electron chi connectivity index (χ4n) is 5.91. The van der Waals surface area contributed by atoms with Gasteiger partial charge >= 0.3 is 0 Å². The summed E-state index contributed by atoms with van der Waals surface area (Å²) >= 11 is 6.46. The van der Waals surface area contributed by atoms with E-state index in [9.17, 15) is 14.7 Å². The van der Waals surface area contributed by atoms with Crippen molar-refractivity contribution in [3.05, 3.63) is 51.7 Å². The second-order valence-electron chi connectivity index (χ2n) is 10.8. The van der Waals surface area contributed by atoms with Crippen LogP contribution in [0.3, 0.4) is 0 Å². The van der Waals surface area contributed by atoms with Crippen LogP contribution < -0.4 is 10.9 Å². The quantitative estimate of drug-likeness (QED) is 0.498. The van der Waals surface area contributed by atoms with Crippen LogP contribution in [-0.2, 0) is 22.6 Å². The van der Waals surface area contributed by atoms with E-state index in [0.29, 0.717) is 28.9 Å².